The Balaban J connectivity index is 2.05. The number of hydrogen-bond acceptors (Lipinski definition) is 5. The summed E-state index contributed by atoms with van der Waals surface area (Å²) in [4.78, 5) is 19.3. The molecule has 0 radical (unpaired) electrons. The number of nitrogens with zero attached hydrogens (tertiary/aromatic N) is 3. The van der Waals surface area contributed by atoms with Crippen molar-refractivity contribution in [3.8, 4) is 22.3 Å². The van der Waals surface area contributed by atoms with Gasteiger partial charge in [-0.2, -0.15) is 0 Å². The summed E-state index contributed by atoms with van der Waals surface area (Å²) in [6, 6.07) is 20.0. The standard InChI is InChI=1S/C20H14N4O2/c21-19-18(14-8-10-15(11-9-14)24(25)26)17(13-5-2-1-3-6-13)16-7-4-12-22-20(16)23-19/h1-12H,(H2,21,22,23). The quantitative estimate of drug-likeness (QED) is 0.438. The molecule has 0 unspecified atom stereocenters. The van der Waals surface area contributed by atoms with Crippen LogP contribution in [-0.2, 0) is 0 Å². The SMILES string of the molecule is Nc1nc2ncccc2c(-c2ccccc2)c1-c1ccc([N+](=O)[O-])cc1. The molecule has 0 aliphatic rings. The van der Waals surface area contributed by atoms with E-state index in [4.69, 9.17) is 5.73 Å². The van der Waals surface area contributed by atoms with Crippen molar-refractivity contribution in [2.24, 2.45) is 0 Å². The highest BCUT2D eigenvalue weighted by Crippen LogP contribution is 2.40. The number of pyridine rings is 2. The monoisotopic (exact) mass is 342 g/mol. The maximum Gasteiger partial charge on any atom is 0.269 e. The van der Waals surface area contributed by atoms with Gasteiger partial charge in [-0.15, -0.1) is 0 Å². The van der Waals surface area contributed by atoms with Crippen LogP contribution in [-0.4, -0.2) is 14.9 Å². The van der Waals surface area contributed by atoms with E-state index in [1.165, 1.54) is 12.1 Å². The van der Waals surface area contributed by atoms with Crippen LogP contribution in [0.2, 0.25) is 0 Å². The van der Waals surface area contributed by atoms with Crippen LogP contribution in [0.5, 0.6) is 0 Å². The fourth-order valence-corrected chi connectivity index (χ4v) is 3.06. The number of fused-ring (bicyclic) bond motifs is 1. The van der Waals surface area contributed by atoms with E-state index in [1.807, 2.05) is 42.5 Å². The molecule has 126 valence electrons. The molecule has 2 heterocycles. The number of nitrogens with two attached hydrogens (primary N) is 1. The van der Waals surface area contributed by atoms with Gasteiger partial charge in [-0.1, -0.05) is 30.3 Å². The van der Waals surface area contributed by atoms with Crippen LogP contribution in [0.1, 0.15) is 0 Å². The van der Waals surface area contributed by atoms with Gasteiger partial charge in [0.1, 0.15) is 5.82 Å². The zero-order chi connectivity index (χ0) is 18.1. The maximum atomic E-state index is 10.9. The summed E-state index contributed by atoms with van der Waals surface area (Å²) in [5.74, 6) is 0.337. The maximum absolute atomic E-state index is 10.9. The summed E-state index contributed by atoms with van der Waals surface area (Å²) in [5, 5.41) is 11.8. The van der Waals surface area contributed by atoms with Crippen molar-refractivity contribution >= 4 is 22.5 Å². The Labute approximate surface area is 149 Å². The molecular weight excluding hydrogens is 328 g/mol. The van der Waals surface area contributed by atoms with Gasteiger partial charge in [0.15, 0.2) is 5.65 Å². The molecule has 2 N–H and O–H groups in total. The molecule has 0 fully saturated rings. The Kier molecular flexibility index (Phi) is 3.78. The average molecular weight is 342 g/mol. The Morgan fingerprint density at radius 1 is 0.846 bits per heavy atom. The highest BCUT2D eigenvalue weighted by Gasteiger charge is 2.18. The first-order valence-corrected chi connectivity index (χ1v) is 7.99. The third-order valence-corrected chi connectivity index (χ3v) is 4.22. The van der Waals surface area contributed by atoms with Crippen molar-refractivity contribution in [3.63, 3.8) is 0 Å². The van der Waals surface area contributed by atoms with Crippen LogP contribution in [0, 0.1) is 10.1 Å². The first kappa shape index (κ1) is 15.7. The highest BCUT2D eigenvalue weighted by atomic mass is 16.6. The molecule has 26 heavy (non-hydrogen) atoms. The van der Waals surface area contributed by atoms with Gasteiger partial charge in [0.2, 0.25) is 0 Å². The Bertz CT molecular complexity index is 1110. The number of nitro groups is 1. The fourth-order valence-electron chi connectivity index (χ4n) is 3.06. The molecule has 0 spiro atoms. The molecule has 0 saturated carbocycles. The van der Waals surface area contributed by atoms with E-state index in [1.54, 1.807) is 18.3 Å². The van der Waals surface area contributed by atoms with Gasteiger partial charge in [-0.05, 0) is 35.4 Å². The van der Waals surface area contributed by atoms with Gasteiger partial charge >= 0.3 is 0 Å². The van der Waals surface area contributed by atoms with Crippen LogP contribution in [0.3, 0.4) is 0 Å². The molecule has 2 aromatic carbocycles. The normalized spacial score (nSPS) is 10.8. The molecule has 4 aromatic rings. The second-order valence-electron chi connectivity index (χ2n) is 5.79. The first-order valence-electron chi connectivity index (χ1n) is 7.99. The van der Waals surface area contributed by atoms with Crippen LogP contribution in [0.4, 0.5) is 11.5 Å². The summed E-state index contributed by atoms with van der Waals surface area (Å²) >= 11 is 0. The smallest absolute Gasteiger partial charge is 0.269 e. The summed E-state index contributed by atoms with van der Waals surface area (Å²) in [6.07, 6.45) is 1.68. The minimum Gasteiger partial charge on any atom is -0.383 e. The molecule has 4 rings (SSSR count). The number of nitro benzene ring substituents is 1. The minimum absolute atomic E-state index is 0.0315. The molecular formula is C20H14N4O2. The molecule has 6 heteroatoms. The summed E-state index contributed by atoms with van der Waals surface area (Å²) in [7, 11) is 0. The third kappa shape index (κ3) is 2.63. The van der Waals surface area contributed by atoms with Crippen molar-refractivity contribution in [2.75, 3.05) is 5.73 Å². The van der Waals surface area contributed by atoms with Crippen LogP contribution in [0.15, 0.2) is 72.9 Å². The second kappa shape index (κ2) is 6.25. The van der Waals surface area contributed by atoms with Crippen LogP contribution in [0.25, 0.3) is 33.3 Å². The Hall–Kier alpha value is -3.80. The second-order valence-corrected chi connectivity index (χ2v) is 5.79. The highest BCUT2D eigenvalue weighted by molar-refractivity contribution is 6.04. The predicted octanol–water partition coefficient (Wildman–Crippen LogP) is 4.45. The molecule has 0 amide bonds. The van der Waals surface area contributed by atoms with E-state index in [0.29, 0.717) is 11.5 Å². The molecule has 0 bridgehead atoms. The lowest BCUT2D eigenvalue weighted by molar-refractivity contribution is -0.384. The van der Waals surface area contributed by atoms with E-state index < -0.39 is 4.92 Å². The number of rotatable bonds is 3. The number of hydrogen-bond donors (Lipinski definition) is 1. The average Bonchev–Trinajstić information content (AvgIpc) is 2.67. The lowest BCUT2D eigenvalue weighted by atomic mass is 9.92. The van der Waals surface area contributed by atoms with E-state index >= 15 is 0 Å². The lowest BCUT2D eigenvalue weighted by Crippen LogP contribution is -2.00. The Morgan fingerprint density at radius 2 is 1.54 bits per heavy atom. The molecule has 0 saturated heterocycles. The molecule has 0 atom stereocenters. The molecule has 0 aliphatic carbocycles. The van der Waals surface area contributed by atoms with Gasteiger partial charge in [-0.25, -0.2) is 9.97 Å². The predicted molar refractivity (Wildman–Crippen MR) is 101 cm³/mol. The number of aromatic nitrogens is 2. The zero-order valence-electron chi connectivity index (χ0n) is 13.7. The molecule has 0 aliphatic heterocycles. The van der Waals surface area contributed by atoms with Crippen LogP contribution >= 0.6 is 0 Å². The van der Waals surface area contributed by atoms with Gasteiger partial charge in [0.05, 0.1) is 4.92 Å². The van der Waals surface area contributed by atoms with Gasteiger partial charge in [0, 0.05) is 34.8 Å². The number of nitrogen functional groups attached to an aromatic ring is 1. The van der Waals surface area contributed by atoms with E-state index in [0.717, 1.165) is 27.6 Å². The van der Waals surface area contributed by atoms with E-state index in [-0.39, 0.29) is 5.69 Å². The van der Waals surface area contributed by atoms with E-state index in [2.05, 4.69) is 9.97 Å². The summed E-state index contributed by atoms with van der Waals surface area (Å²) in [6.45, 7) is 0. The van der Waals surface area contributed by atoms with Crippen molar-refractivity contribution < 1.29 is 4.92 Å². The number of non-ortho nitro benzene ring substituents is 1. The lowest BCUT2D eigenvalue weighted by Gasteiger charge is -2.15. The zero-order valence-corrected chi connectivity index (χ0v) is 13.7. The van der Waals surface area contributed by atoms with Crippen LogP contribution < -0.4 is 5.73 Å². The first-order chi connectivity index (χ1) is 12.6. The van der Waals surface area contributed by atoms with E-state index in [9.17, 15) is 10.1 Å². The van der Waals surface area contributed by atoms with Crippen molar-refractivity contribution in [1.29, 1.82) is 0 Å². The molecule has 6 nitrogen and oxygen atoms in total. The number of anilines is 1. The summed E-state index contributed by atoms with van der Waals surface area (Å²) in [5.41, 5.74) is 10.3. The summed E-state index contributed by atoms with van der Waals surface area (Å²) < 4.78 is 0. The topological polar surface area (TPSA) is 94.9 Å². The number of benzene rings is 2. The fraction of sp³-hybridized carbons (Fsp3) is 0. The third-order valence-electron chi connectivity index (χ3n) is 4.22. The largest absolute Gasteiger partial charge is 0.383 e. The van der Waals surface area contributed by atoms with Gasteiger partial charge < -0.3 is 5.73 Å². The van der Waals surface area contributed by atoms with Crippen molar-refractivity contribution in [2.45, 2.75) is 0 Å². The van der Waals surface area contributed by atoms with Gasteiger partial charge in [-0.3, -0.25) is 10.1 Å². The van der Waals surface area contributed by atoms with Crippen molar-refractivity contribution in [1.82, 2.24) is 9.97 Å². The van der Waals surface area contributed by atoms with Gasteiger partial charge in [0.25, 0.3) is 5.69 Å². The molecule has 2 aromatic heterocycles. The minimum atomic E-state index is -0.423. The van der Waals surface area contributed by atoms with Crippen molar-refractivity contribution in [3.05, 3.63) is 83.0 Å². The Morgan fingerprint density at radius 3 is 2.23 bits per heavy atom.